The van der Waals surface area contributed by atoms with Gasteiger partial charge in [0.1, 0.15) is 12.7 Å². The Balaban J connectivity index is 1.80. The van der Waals surface area contributed by atoms with Crippen LogP contribution in [0.15, 0.2) is 12.7 Å². The first-order chi connectivity index (χ1) is 8.16. The minimum absolute atomic E-state index is 0.180. The molecule has 0 aliphatic carbocycles. The monoisotopic (exact) mass is 237 g/mol. The molecule has 2 atom stereocenters. The van der Waals surface area contributed by atoms with Crippen LogP contribution in [0, 0.1) is 5.92 Å². The molecule has 6 heteroatoms. The molecule has 94 valence electrons. The molecule has 0 bridgehead atoms. The normalized spacial score (nSPS) is 24.9. The predicted octanol–water partition coefficient (Wildman–Crippen LogP) is -0.136. The van der Waals surface area contributed by atoms with E-state index in [0.29, 0.717) is 18.9 Å². The number of aromatic nitrogens is 3. The van der Waals surface area contributed by atoms with Gasteiger partial charge in [-0.15, -0.1) is 0 Å². The van der Waals surface area contributed by atoms with E-state index in [0.717, 1.165) is 19.5 Å². The molecule has 6 nitrogen and oxygen atoms in total. The summed E-state index contributed by atoms with van der Waals surface area (Å²) in [7, 11) is 0. The number of carbonyl (C=O) groups is 1. The van der Waals surface area contributed by atoms with Crippen LogP contribution in [-0.2, 0) is 11.3 Å². The Labute approximate surface area is 101 Å². The zero-order valence-electron chi connectivity index (χ0n) is 10.1. The first kappa shape index (κ1) is 12.0. The summed E-state index contributed by atoms with van der Waals surface area (Å²) < 4.78 is 1.68. The summed E-state index contributed by atoms with van der Waals surface area (Å²) in [5, 5.41) is 3.98. The van der Waals surface area contributed by atoms with Crippen LogP contribution in [0.2, 0.25) is 0 Å². The molecule has 1 amide bonds. The number of carbonyl (C=O) groups excluding carboxylic acids is 1. The van der Waals surface area contributed by atoms with Crippen LogP contribution < -0.4 is 5.73 Å². The molecule has 2 heterocycles. The van der Waals surface area contributed by atoms with Gasteiger partial charge in [-0.1, -0.05) is 6.92 Å². The lowest BCUT2D eigenvalue weighted by Crippen LogP contribution is -2.48. The van der Waals surface area contributed by atoms with Crippen molar-refractivity contribution in [1.82, 2.24) is 19.7 Å². The minimum atomic E-state index is 0.180. The number of hydrogen-bond donors (Lipinski definition) is 1. The van der Waals surface area contributed by atoms with Crippen molar-refractivity contribution in [1.29, 1.82) is 0 Å². The molecule has 2 rings (SSSR count). The topological polar surface area (TPSA) is 77.0 Å². The maximum absolute atomic E-state index is 12.0. The smallest absolute Gasteiger partial charge is 0.224 e. The van der Waals surface area contributed by atoms with Crippen LogP contribution in [0.5, 0.6) is 0 Å². The fraction of sp³-hybridized carbons (Fsp3) is 0.727. The third-order valence-corrected chi connectivity index (χ3v) is 3.35. The summed E-state index contributed by atoms with van der Waals surface area (Å²) in [4.78, 5) is 17.7. The lowest BCUT2D eigenvalue weighted by molar-refractivity contribution is -0.133. The van der Waals surface area contributed by atoms with Crippen LogP contribution >= 0.6 is 0 Å². The van der Waals surface area contributed by atoms with E-state index in [2.05, 4.69) is 17.0 Å². The highest BCUT2D eigenvalue weighted by atomic mass is 16.2. The minimum Gasteiger partial charge on any atom is -0.342 e. The van der Waals surface area contributed by atoms with Gasteiger partial charge in [0.25, 0.3) is 0 Å². The molecule has 1 aliphatic heterocycles. The summed E-state index contributed by atoms with van der Waals surface area (Å²) in [5.41, 5.74) is 5.93. The first-order valence-electron chi connectivity index (χ1n) is 6.02. The van der Waals surface area contributed by atoms with Crippen molar-refractivity contribution in [3.8, 4) is 0 Å². The van der Waals surface area contributed by atoms with E-state index in [1.54, 1.807) is 11.0 Å². The molecular weight excluding hydrogens is 218 g/mol. The van der Waals surface area contributed by atoms with E-state index in [1.165, 1.54) is 6.33 Å². The van der Waals surface area contributed by atoms with Crippen LogP contribution in [0.1, 0.15) is 19.8 Å². The van der Waals surface area contributed by atoms with Crippen molar-refractivity contribution in [2.75, 3.05) is 13.1 Å². The quantitative estimate of drug-likeness (QED) is 0.794. The second-order valence-corrected chi connectivity index (χ2v) is 4.68. The number of likely N-dealkylation sites (tertiary alicyclic amines) is 1. The van der Waals surface area contributed by atoms with Crippen molar-refractivity contribution in [3.05, 3.63) is 12.7 Å². The highest BCUT2D eigenvalue weighted by Gasteiger charge is 2.25. The Kier molecular flexibility index (Phi) is 3.73. The van der Waals surface area contributed by atoms with Crippen LogP contribution in [-0.4, -0.2) is 44.7 Å². The standard InChI is InChI=1S/C11H19N5O/c1-9-6-15(4-2-10(9)12)11(17)3-5-16-8-13-7-14-16/h7-10H,2-6,12H2,1H3. The third-order valence-electron chi connectivity index (χ3n) is 3.35. The van der Waals surface area contributed by atoms with Gasteiger partial charge in [0.2, 0.25) is 5.91 Å². The van der Waals surface area contributed by atoms with Crippen molar-refractivity contribution in [2.24, 2.45) is 11.7 Å². The second-order valence-electron chi connectivity index (χ2n) is 4.68. The van der Waals surface area contributed by atoms with Crippen molar-refractivity contribution in [3.63, 3.8) is 0 Å². The summed E-state index contributed by atoms with van der Waals surface area (Å²) in [6, 6.07) is 0.231. The lowest BCUT2D eigenvalue weighted by Gasteiger charge is -2.35. The predicted molar refractivity (Wildman–Crippen MR) is 63.0 cm³/mol. The molecule has 0 aromatic carbocycles. The molecule has 1 aromatic heterocycles. The summed E-state index contributed by atoms with van der Waals surface area (Å²) in [6.07, 6.45) is 4.48. The van der Waals surface area contributed by atoms with Gasteiger partial charge in [0, 0.05) is 25.6 Å². The van der Waals surface area contributed by atoms with Crippen molar-refractivity contribution >= 4 is 5.91 Å². The third kappa shape index (κ3) is 3.03. The number of aryl methyl sites for hydroxylation is 1. The van der Waals surface area contributed by atoms with Gasteiger partial charge in [-0.2, -0.15) is 5.10 Å². The van der Waals surface area contributed by atoms with Gasteiger partial charge in [0.15, 0.2) is 0 Å². The molecule has 17 heavy (non-hydrogen) atoms. The van der Waals surface area contributed by atoms with Gasteiger partial charge in [-0.25, -0.2) is 4.98 Å². The zero-order chi connectivity index (χ0) is 12.3. The fourth-order valence-corrected chi connectivity index (χ4v) is 2.11. The molecule has 0 spiro atoms. The van der Waals surface area contributed by atoms with Gasteiger partial charge in [-0.3, -0.25) is 9.48 Å². The van der Waals surface area contributed by atoms with Crippen molar-refractivity contribution < 1.29 is 4.79 Å². The number of hydrogen-bond acceptors (Lipinski definition) is 4. The lowest BCUT2D eigenvalue weighted by atomic mass is 9.94. The number of nitrogens with zero attached hydrogens (tertiary/aromatic N) is 4. The Hall–Kier alpha value is -1.43. The van der Waals surface area contributed by atoms with E-state index < -0.39 is 0 Å². The maximum Gasteiger partial charge on any atom is 0.224 e. The second kappa shape index (κ2) is 5.27. The average molecular weight is 237 g/mol. The number of rotatable bonds is 3. The van der Waals surface area contributed by atoms with E-state index in [4.69, 9.17) is 5.73 Å². The summed E-state index contributed by atoms with van der Waals surface area (Å²) >= 11 is 0. The van der Waals surface area contributed by atoms with E-state index in [1.807, 2.05) is 4.90 Å². The molecule has 0 radical (unpaired) electrons. The van der Waals surface area contributed by atoms with Gasteiger partial charge in [-0.05, 0) is 12.3 Å². The SMILES string of the molecule is CC1CN(C(=O)CCn2cncn2)CCC1N. The van der Waals surface area contributed by atoms with Crippen molar-refractivity contribution in [2.45, 2.75) is 32.4 Å². The average Bonchev–Trinajstić information content (AvgIpc) is 2.82. The Morgan fingerprint density at radius 3 is 3.06 bits per heavy atom. The molecule has 1 saturated heterocycles. The Morgan fingerprint density at radius 1 is 1.59 bits per heavy atom. The zero-order valence-corrected chi connectivity index (χ0v) is 10.1. The summed E-state index contributed by atoms with van der Waals surface area (Å²) in [6.45, 7) is 4.25. The molecule has 2 unspecified atom stereocenters. The highest BCUT2D eigenvalue weighted by molar-refractivity contribution is 5.76. The van der Waals surface area contributed by atoms with E-state index >= 15 is 0 Å². The molecule has 1 fully saturated rings. The molecular formula is C11H19N5O. The number of piperidine rings is 1. The van der Waals surface area contributed by atoms with Crippen LogP contribution in [0.3, 0.4) is 0 Å². The molecule has 2 N–H and O–H groups in total. The van der Waals surface area contributed by atoms with Gasteiger partial charge >= 0.3 is 0 Å². The Bertz CT molecular complexity index is 364. The maximum atomic E-state index is 12.0. The fourth-order valence-electron chi connectivity index (χ4n) is 2.11. The van der Waals surface area contributed by atoms with Gasteiger partial charge in [0.05, 0.1) is 6.54 Å². The van der Waals surface area contributed by atoms with Crippen LogP contribution in [0.4, 0.5) is 0 Å². The van der Waals surface area contributed by atoms with E-state index in [-0.39, 0.29) is 11.9 Å². The number of amides is 1. The van der Waals surface area contributed by atoms with Crippen LogP contribution in [0.25, 0.3) is 0 Å². The highest BCUT2D eigenvalue weighted by Crippen LogP contribution is 2.15. The molecule has 1 aliphatic rings. The molecule has 0 saturated carbocycles. The number of nitrogens with two attached hydrogens (primary N) is 1. The first-order valence-corrected chi connectivity index (χ1v) is 6.02. The van der Waals surface area contributed by atoms with E-state index in [9.17, 15) is 4.79 Å². The summed E-state index contributed by atoms with van der Waals surface area (Å²) in [5.74, 6) is 0.568. The largest absolute Gasteiger partial charge is 0.342 e. The Morgan fingerprint density at radius 2 is 2.41 bits per heavy atom. The molecule has 1 aromatic rings. The van der Waals surface area contributed by atoms with Gasteiger partial charge < -0.3 is 10.6 Å².